The molecular formula is C69H122O6. The molecule has 0 fully saturated rings. The fraction of sp³-hybridized carbons (Fsp3) is 0.783. The molecule has 0 aliphatic heterocycles. The second-order valence-electron chi connectivity index (χ2n) is 21.6. The van der Waals surface area contributed by atoms with E-state index in [1.807, 2.05) is 0 Å². The topological polar surface area (TPSA) is 78.9 Å². The monoisotopic (exact) mass is 1050 g/mol. The van der Waals surface area contributed by atoms with Crippen molar-refractivity contribution in [2.45, 2.75) is 335 Å². The van der Waals surface area contributed by atoms with Gasteiger partial charge in [-0.05, 0) is 83.5 Å². The van der Waals surface area contributed by atoms with Gasteiger partial charge in [0, 0.05) is 19.3 Å². The Kier molecular flexibility index (Phi) is 60.7. The molecule has 0 N–H and O–H groups in total. The van der Waals surface area contributed by atoms with Crippen LogP contribution in [0.15, 0.2) is 72.9 Å². The number of unbranched alkanes of at least 4 members (excludes halogenated alkanes) is 36. The van der Waals surface area contributed by atoms with Gasteiger partial charge in [0.2, 0.25) is 0 Å². The molecule has 0 aromatic carbocycles. The summed E-state index contributed by atoms with van der Waals surface area (Å²) in [6, 6.07) is 0. The number of allylic oxidation sites excluding steroid dienone is 12. The molecule has 0 saturated heterocycles. The second kappa shape index (κ2) is 63.4. The average molecular weight is 1050 g/mol. The molecule has 0 radical (unpaired) electrons. The Balaban J connectivity index is 4.28. The molecule has 0 heterocycles. The van der Waals surface area contributed by atoms with Crippen molar-refractivity contribution >= 4 is 17.9 Å². The zero-order valence-electron chi connectivity index (χ0n) is 49.8. The molecular weight excluding hydrogens is 925 g/mol. The van der Waals surface area contributed by atoms with Crippen LogP contribution >= 0.6 is 0 Å². The van der Waals surface area contributed by atoms with Gasteiger partial charge in [-0.2, -0.15) is 0 Å². The van der Waals surface area contributed by atoms with Crippen LogP contribution in [-0.2, 0) is 28.6 Å². The first-order valence-electron chi connectivity index (χ1n) is 32.4. The Labute approximate surface area is 465 Å². The van der Waals surface area contributed by atoms with E-state index in [4.69, 9.17) is 14.2 Å². The Hall–Kier alpha value is -3.15. The van der Waals surface area contributed by atoms with Gasteiger partial charge in [-0.25, -0.2) is 0 Å². The summed E-state index contributed by atoms with van der Waals surface area (Å²) in [4.78, 5) is 38.3. The lowest BCUT2D eigenvalue weighted by atomic mass is 10.0. The molecule has 0 aromatic rings. The van der Waals surface area contributed by atoms with E-state index < -0.39 is 6.10 Å². The van der Waals surface area contributed by atoms with Gasteiger partial charge in [-0.1, -0.05) is 299 Å². The van der Waals surface area contributed by atoms with E-state index in [2.05, 4.69) is 93.7 Å². The minimum Gasteiger partial charge on any atom is -0.462 e. The first-order valence-corrected chi connectivity index (χ1v) is 32.4. The van der Waals surface area contributed by atoms with Crippen molar-refractivity contribution in [1.82, 2.24) is 0 Å². The van der Waals surface area contributed by atoms with Gasteiger partial charge in [-0.3, -0.25) is 14.4 Å². The van der Waals surface area contributed by atoms with Crippen LogP contribution in [0.25, 0.3) is 0 Å². The van der Waals surface area contributed by atoms with Crippen LogP contribution < -0.4 is 0 Å². The molecule has 0 saturated carbocycles. The van der Waals surface area contributed by atoms with Gasteiger partial charge in [0.1, 0.15) is 13.2 Å². The van der Waals surface area contributed by atoms with Gasteiger partial charge in [0.25, 0.3) is 0 Å². The molecule has 6 nitrogen and oxygen atoms in total. The standard InChI is InChI=1S/C69H122O6/c1-4-7-10-13-16-19-22-25-27-29-31-32-33-34-35-36-38-39-41-44-47-50-53-56-59-62-68(71)74-65-66(64-73-67(70)61-58-55-52-49-46-43-24-21-18-15-12-9-6-3)75-69(72)63-60-57-54-51-48-45-42-40-37-30-28-26-23-20-17-14-11-8-5-2/h8,11-12,15,17,20-21,24,26,28,37,40,66H,4-7,9-10,13-14,16,18-19,22-23,25,27,29-36,38-39,41-65H2,1-3H3/b11-8-,15-12-,20-17-,24-21-,28-26-,40-37-. The first kappa shape index (κ1) is 71.8. The highest BCUT2D eigenvalue weighted by molar-refractivity contribution is 5.71. The van der Waals surface area contributed by atoms with Crippen molar-refractivity contribution in [3.05, 3.63) is 72.9 Å². The van der Waals surface area contributed by atoms with Gasteiger partial charge in [0.15, 0.2) is 6.10 Å². The van der Waals surface area contributed by atoms with Crippen LogP contribution in [0, 0.1) is 0 Å². The average Bonchev–Trinajstić information content (AvgIpc) is 3.41. The van der Waals surface area contributed by atoms with Crippen molar-refractivity contribution in [3.8, 4) is 0 Å². The Bertz CT molecular complexity index is 1390. The van der Waals surface area contributed by atoms with Gasteiger partial charge in [0.05, 0.1) is 0 Å². The Morgan fingerprint density at radius 2 is 0.547 bits per heavy atom. The lowest BCUT2D eigenvalue weighted by Crippen LogP contribution is -2.30. The number of hydrogen-bond donors (Lipinski definition) is 0. The summed E-state index contributed by atoms with van der Waals surface area (Å²) in [5.74, 6) is -0.897. The lowest BCUT2D eigenvalue weighted by Gasteiger charge is -2.18. The summed E-state index contributed by atoms with van der Waals surface area (Å²) >= 11 is 0. The number of esters is 3. The van der Waals surface area contributed by atoms with E-state index in [9.17, 15) is 14.4 Å². The predicted molar refractivity (Wildman–Crippen MR) is 325 cm³/mol. The van der Waals surface area contributed by atoms with Gasteiger partial charge >= 0.3 is 17.9 Å². The minimum atomic E-state index is -0.789. The third kappa shape index (κ3) is 61.6. The fourth-order valence-corrected chi connectivity index (χ4v) is 9.36. The third-order valence-electron chi connectivity index (χ3n) is 14.2. The molecule has 6 heteroatoms. The van der Waals surface area contributed by atoms with Crippen molar-refractivity contribution < 1.29 is 28.6 Å². The van der Waals surface area contributed by atoms with Gasteiger partial charge in [-0.15, -0.1) is 0 Å². The zero-order chi connectivity index (χ0) is 54.3. The number of carbonyl (C=O) groups excluding carboxylic acids is 3. The van der Waals surface area contributed by atoms with Crippen molar-refractivity contribution in [1.29, 1.82) is 0 Å². The lowest BCUT2D eigenvalue weighted by molar-refractivity contribution is -0.167. The Morgan fingerprint density at radius 1 is 0.280 bits per heavy atom. The molecule has 75 heavy (non-hydrogen) atoms. The number of hydrogen-bond acceptors (Lipinski definition) is 6. The zero-order valence-corrected chi connectivity index (χ0v) is 49.8. The normalized spacial score (nSPS) is 12.5. The van der Waals surface area contributed by atoms with E-state index >= 15 is 0 Å². The maximum absolute atomic E-state index is 12.9. The highest BCUT2D eigenvalue weighted by atomic mass is 16.6. The van der Waals surface area contributed by atoms with Crippen LogP contribution in [0.1, 0.15) is 329 Å². The maximum Gasteiger partial charge on any atom is 0.306 e. The van der Waals surface area contributed by atoms with E-state index in [0.717, 1.165) is 122 Å². The van der Waals surface area contributed by atoms with Crippen molar-refractivity contribution in [3.63, 3.8) is 0 Å². The number of rotatable bonds is 59. The molecule has 434 valence electrons. The predicted octanol–water partition coefficient (Wildman–Crippen LogP) is 22.1. The molecule has 0 aliphatic carbocycles. The first-order chi connectivity index (χ1) is 37.0. The minimum absolute atomic E-state index is 0.0833. The highest BCUT2D eigenvalue weighted by Crippen LogP contribution is 2.17. The van der Waals surface area contributed by atoms with E-state index in [1.165, 1.54) is 167 Å². The molecule has 0 aromatic heterocycles. The van der Waals surface area contributed by atoms with Gasteiger partial charge < -0.3 is 14.2 Å². The van der Waals surface area contributed by atoms with E-state index in [-0.39, 0.29) is 31.1 Å². The SMILES string of the molecule is CC/C=C\C/C=C\C/C=C\C/C=C\CCCCCCCCC(=O)OC(COC(=O)CCCCCCC/C=C\C/C=C\CCC)COC(=O)CCCCCCCCCCCCCCCCCCCCCCCCCCC. The van der Waals surface area contributed by atoms with Crippen LogP contribution in [0.2, 0.25) is 0 Å². The molecule has 0 aliphatic rings. The maximum atomic E-state index is 12.9. The largest absolute Gasteiger partial charge is 0.462 e. The summed E-state index contributed by atoms with van der Waals surface area (Å²) in [5, 5.41) is 0. The summed E-state index contributed by atoms with van der Waals surface area (Å²) < 4.78 is 16.9. The van der Waals surface area contributed by atoms with Crippen molar-refractivity contribution in [2.75, 3.05) is 13.2 Å². The smallest absolute Gasteiger partial charge is 0.306 e. The molecule has 0 rings (SSSR count). The summed E-state index contributed by atoms with van der Waals surface area (Å²) in [5.41, 5.74) is 0. The van der Waals surface area contributed by atoms with Crippen molar-refractivity contribution in [2.24, 2.45) is 0 Å². The summed E-state index contributed by atoms with van der Waals surface area (Å²) in [7, 11) is 0. The molecule has 0 bridgehead atoms. The second-order valence-corrected chi connectivity index (χ2v) is 21.6. The number of ether oxygens (including phenoxy) is 3. The van der Waals surface area contributed by atoms with E-state index in [0.29, 0.717) is 19.3 Å². The van der Waals surface area contributed by atoms with Crippen LogP contribution in [-0.4, -0.2) is 37.2 Å². The quantitative estimate of drug-likeness (QED) is 0.0261. The third-order valence-corrected chi connectivity index (χ3v) is 14.2. The molecule has 0 spiro atoms. The van der Waals surface area contributed by atoms with Crippen LogP contribution in [0.4, 0.5) is 0 Å². The van der Waals surface area contributed by atoms with E-state index in [1.54, 1.807) is 0 Å². The summed E-state index contributed by atoms with van der Waals surface area (Å²) in [6.45, 7) is 6.48. The molecule has 1 unspecified atom stereocenters. The fourth-order valence-electron chi connectivity index (χ4n) is 9.36. The highest BCUT2D eigenvalue weighted by Gasteiger charge is 2.19. The van der Waals surface area contributed by atoms with Crippen LogP contribution in [0.3, 0.4) is 0 Å². The van der Waals surface area contributed by atoms with Crippen LogP contribution in [0.5, 0.6) is 0 Å². The molecule has 0 amide bonds. The number of carbonyl (C=O) groups is 3. The molecule has 1 atom stereocenters. The Morgan fingerprint density at radius 3 is 0.867 bits per heavy atom. The summed E-state index contributed by atoms with van der Waals surface area (Å²) in [6.07, 6.45) is 82.0.